The summed E-state index contributed by atoms with van der Waals surface area (Å²) in [5.41, 5.74) is 3.81. The van der Waals surface area contributed by atoms with Gasteiger partial charge >= 0.3 is 0 Å². The zero-order chi connectivity index (χ0) is 24.3. The van der Waals surface area contributed by atoms with E-state index in [1.54, 1.807) is 77.5 Å². The summed E-state index contributed by atoms with van der Waals surface area (Å²) in [7, 11) is -5.70. The zero-order valence-electron chi connectivity index (χ0n) is 18.1. The molecule has 0 amide bonds. The maximum absolute atomic E-state index is 13.3. The first-order valence-electron chi connectivity index (χ1n) is 10.1. The van der Waals surface area contributed by atoms with E-state index in [-0.39, 0.29) is 4.90 Å². The van der Waals surface area contributed by atoms with Gasteiger partial charge in [-0.15, -0.1) is 0 Å². The summed E-state index contributed by atoms with van der Waals surface area (Å²) in [6.07, 6.45) is 1.08. The number of aromatic nitrogens is 2. The highest BCUT2D eigenvalue weighted by atomic mass is 35.5. The number of hydrogen-bond donors (Lipinski definition) is 1. The Morgan fingerprint density at radius 1 is 0.941 bits per heavy atom. The van der Waals surface area contributed by atoms with Gasteiger partial charge in [-0.3, -0.25) is 9.03 Å². The van der Waals surface area contributed by atoms with Crippen molar-refractivity contribution >= 4 is 43.0 Å². The predicted octanol–water partition coefficient (Wildman–Crippen LogP) is 4.37. The van der Waals surface area contributed by atoms with Gasteiger partial charge in [0.05, 0.1) is 16.8 Å². The van der Waals surface area contributed by atoms with Gasteiger partial charge in [0.1, 0.15) is 17.1 Å². The molecule has 0 unspecified atom stereocenters. The lowest BCUT2D eigenvalue weighted by atomic mass is 10.1. The van der Waals surface area contributed by atoms with Crippen molar-refractivity contribution in [2.75, 3.05) is 22.3 Å². The van der Waals surface area contributed by atoms with Crippen molar-refractivity contribution in [1.82, 2.24) is 9.78 Å². The summed E-state index contributed by atoms with van der Waals surface area (Å²) < 4.78 is 55.1. The van der Waals surface area contributed by atoms with Crippen LogP contribution in [-0.4, -0.2) is 39.9 Å². The van der Waals surface area contributed by atoms with Gasteiger partial charge in [-0.05, 0) is 42.5 Å². The number of fused-ring (bicyclic) bond motifs is 3. The van der Waals surface area contributed by atoms with Crippen molar-refractivity contribution in [2.24, 2.45) is 0 Å². The minimum atomic E-state index is -3.79. The molecule has 4 aromatic rings. The van der Waals surface area contributed by atoms with Crippen LogP contribution in [0, 0.1) is 0 Å². The Morgan fingerprint density at radius 3 is 2.24 bits per heavy atom. The molecule has 1 aliphatic rings. The van der Waals surface area contributed by atoms with Crippen LogP contribution in [-0.2, 0) is 20.0 Å². The first kappa shape index (κ1) is 22.5. The molecule has 0 bridgehead atoms. The number of rotatable bonds is 4. The van der Waals surface area contributed by atoms with Crippen molar-refractivity contribution in [2.45, 2.75) is 4.90 Å². The average Bonchev–Trinajstić information content (AvgIpc) is 3.18. The molecule has 0 radical (unpaired) electrons. The Labute approximate surface area is 202 Å². The summed E-state index contributed by atoms with van der Waals surface area (Å²) in [5.74, 6) is 0. The Hall–Kier alpha value is -3.34. The van der Waals surface area contributed by atoms with Crippen molar-refractivity contribution in [3.63, 3.8) is 0 Å². The SMILES string of the molecule is CN1c2c(-c3ccc(Cl)cc3)nn(-c3ccc(NS(C)(=O)=O)cc3)c2-c2ccccc2S1(=O)=O. The highest BCUT2D eigenvalue weighted by Crippen LogP contribution is 2.48. The number of nitrogens with one attached hydrogen (secondary N) is 1. The highest BCUT2D eigenvalue weighted by molar-refractivity contribution is 7.93. The van der Waals surface area contributed by atoms with Gasteiger partial charge in [0.2, 0.25) is 10.0 Å². The molecule has 0 aliphatic carbocycles. The topological polar surface area (TPSA) is 101 Å². The molecule has 5 rings (SSSR count). The summed E-state index contributed by atoms with van der Waals surface area (Å²) in [6, 6.07) is 20.5. The van der Waals surface area contributed by atoms with Gasteiger partial charge in [-0.2, -0.15) is 5.10 Å². The third kappa shape index (κ3) is 3.73. The van der Waals surface area contributed by atoms with Crippen LogP contribution >= 0.6 is 11.6 Å². The fourth-order valence-corrected chi connectivity index (χ4v) is 6.07. The number of halogens is 1. The van der Waals surface area contributed by atoms with E-state index in [0.717, 1.165) is 6.26 Å². The molecular formula is C23H19ClN4O4S2. The molecule has 1 aliphatic heterocycles. The van der Waals surface area contributed by atoms with Crippen LogP contribution < -0.4 is 9.03 Å². The fourth-order valence-electron chi connectivity index (χ4n) is 3.98. The Bertz CT molecular complexity index is 1630. The number of anilines is 2. The monoisotopic (exact) mass is 514 g/mol. The molecule has 0 saturated heterocycles. The van der Waals surface area contributed by atoms with Crippen molar-refractivity contribution < 1.29 is 16.8 Å². The van der Waals surface area contributed by atoms with Crippen LogP contribution in [0.25, 0.3) is 28.2 Å². The minimum absolute atomic E-state index is 0.184. The van der Waals surface area contributed by atoms with Crippen molar-refractivity contribution in [3.8, 4) is 28.2 Å². The maximum Gasteiger partial charge on any atom is 0.264 e. The van der Waals surface area contributed by atoms with E-state index in [1.807, 2.05) is 0 Å². The van der Waals surface area contributed by atoms with Gasteiger partial charge < -0.3 is 0 Å². The van der Waals surface area contributed by atoms with E-state index in [0.29, 0.717) is 44.6 Å². The molecular weight excluding hydrogens is 496 g/mol. The molecule has 3 aromatic carbocycles. The van der Waals surface area contributed by atoms with Gasteiger partial charge in [0.15, 0.2) is 0 Å². The molecule has 1 aromatic heterocycles. The second-order valence-electron chi connectivity index (χ2n) is 7.85. The lowest BCUT2D eigenvalue weighted by molar-refractivity contribution is 0.593. The van der Waals surface area contributed by atoms with Crippen LogP contribution in [0.15, 0.2) is 77.7 Å². The number of benzene rings is 3. The lowest BCUT2D eigenvalue weighted by Gasteiger charge is -2.27. The molecule has 0 atom stereocenters. The van der Waals surface area contributed by atoms with E-state index in [2.05, 4.69) is 4.72 Å². The largest absolute Gasteiger partial charge is 0.284 e. The molecule has 1 N–H and O–H groups in total. The number of sulfonamides is 2. The van der Waals surface area contributed by atoms with E-state index < -0.39 is 20.0 Å². The first-order valence-corrected chi connectivity index (χ1v) is 13.8. The van der Waals surface area contributed by atoms with Crippen LogP contribution in [0.5, 0.6) is 0 Å². The van der Waals surface area contributed by atoms with Crippen LogP contribution in [0.2, 0.25) is 5.02 Å². The molecule has 0 fully saturated rings. The van der Waals surface area contributed by atoms with Crippen LogP contribution in [0.1, 0.15) is 0 Å². The van der Waals surface area contributed by atoms with Gasteiger partial charge in [-0.1, -0.05) is 41.9 Å². The second kappa shape index (κ2) is 7.86. The third-order valence-electron chi connectivity index (χ3n) is 5.49. The molecule has 0 spiro atoms. The standard InChI is InChI=1S/C23H19ClN4O4S2/c1-27-23-21(15-7-9-16(24)10-8-15)25-28(18-13-11-17(12-14-18)26-33(2,29)30)22(23)19-5-3-4-6-20(19)34(27,31)32/h3-14,26H,1-2H3. The minimum Gasteiger partial charge on any atom is -0.284 e. The van der Waals surface area contributed by atoms with E-state index in [1.165, 1.54) is 11.4 Å². The first-order chi connectivity index (χ1) is 16.1. The molecule has 2 heterocycles. The van der Waals surface area contributed by atoms with Crippen molar-refractivity contribution in [1.29, 1.82) is 0 Å². The average molecular weight is 515 g/mol. The number of hydrogen-bond acceptors (Lipinski definition) is 5. The second-order valence-corrected chi connectivity index (χ2v) is 12.0. The van der Waals surface area contributed by atoms with Gasteiger partial charge in [0, 0.05) is 28.9 Å². The smallest absolute Gasteiger partial charge is 0.264 e. The molecule has 8 nitrogen and oxygen atoms in total. The van der Waals surface area contributed by atoms with E-state index in [9.17, 15) is 16.8 Å². The van der Waals surface area contributed by atoms with E-state index in [4.69, 9.17) is 16.7 Å². The molecule has 174 valence electrons. The maximum atomic E-state index is 13.3. The predicted molar refractivity (Wildman–Crippen MR) is 134 cm³/mol. The quantitative estimate of drug-likeness (QED) is 0.436. The molecule has 11 heteroatoms. The van der Waals surface area contributed by atoms with E-state index >= 15 is 0 Å². The normalized spacial score (nSPS) is 14.4. The van der Waals surface area contributed by atoms with Gasteiger partial charge in [0.25, 0.3) is 10.0 Å². The van der Waals surface area contributed by atoms with Crippen LogP contribution in [0.4, 0.5) is 11.4 Å². The van der Waals surface area contributed by atoms with Crippen molar-refractivity contribution in [3.05, 3.63) is 77.8 Å². The Morgan fingerprint density at radius 2 is 1.59 bits per heavy atom. The number of nitrogens with zero attached hydrogens (tertiary/aromatic N) is 3. The molecule has 0 saturated carbocycles. The highest BCUT2D eigenvalue weighted by Gasteiger charge is 2.38. The summed E-state index contributed by atoms with van der Waals surface area (Å²) in [6.45, 7) is 0. The summed E-state index contributed by atoms with van der Waals surface area (Å²) in [4.78, 5) is 0.184. The Balaban J connectivity index is 1.78. The Kier molecular flexibility index (Phi) is 5.19. The summed E-state index contributed by atoms with van der Waals surface area (Å²) >= 11 is 6.06. The summed E-state index contributed by atoms with van der Waals surface area (Å²) in [5, 5.41) is 5.36. The van der Waals surface area contributed by atoms with Crippen LogP contribution in [0.3, 0.4) is 0 Å². The fraction of sp³-hybridized carbons (Fsp3) is 0.0870. The molecule has 34 heavy (non-hydrogen) atoms. The lowest BCUT2D eigenvalue weighted by Crippen LogP contribution is -2.30. The zero-order valence-corrected chi connectivity index (χ0v) is 20.5. The van der Waals surface area contributed by atoms with Gasteiger partial charge in [-0.25, -0.2) is 21.5 Å². The third-order valence-corrected chi connectivity index (χ3v) is 8.16.